The van der Waals surface area contributed by atoms with E-state index in [0.29, 0.717) is 33.3 Å². The van der Waals surface area contributed by atoms with Gasteiger partial charge in [-0.3, -0.25) is 0 Å². The minimum atomic E-state index is 0.363. The van der Waals surface area contributed by atoms with Gasteiger partial charge in [0.05, 0.1) is 33.3 Å². The van der Waals surface area contributed by atoms with Gasteiger partial charge in [-0.1, -0.05) is 70.7 Å². The normalized spacial score (nSPS) is 10.7. The zero-order valence-corrected chi connectivity index (χ0v) is 12.8. The minimum absolute atomic E-state index is 0.363. The molecule has 0 amide bonds. The number of hydrogen-bond acceptors (Lipinski definition) is 1. The highest BCUT2D eigenvalue weighted by Gasteiger charge is 2.07. The number of hydrogen-bond donors (Lipinski definition) is 0. The molecule has 19 heavy (non-hydrogen) atoms. The van der Waals surface area contributed by atoms with Crippen LogP contribution in [0.3, 0.4) is 0 Å². The third kappa shape index (κ3) is 3.77. The molecule has 0 heterocycles. The monoisotopic (exact) mass is 334 g/mol. The molecule has 0 saturated carbocycles. The first-order valence-electron chi connectivity index (χ1n) is 5.53. The van der Waals surface area contributed by atoms with E-state index in [2.05, 4.69) is 0 Å². The van der Waals surface area contributed by atoms with Crippen LogP contribution in [-0.4, -0.2) is 0 Å². The van der Waals surface area contributed by atoms with Crippen LogP contribution >= 0.6 is 46.4 Å². The van der Waals surface area contributed by atoms with Gasteiger partial charge in [0.15, 0.2) is 0 Å². The highest BCUT2D eigenvalue weighted by Crippen LogP contribution is 2.28. The molecule has 2 aromatic rings. The Hall–Kier alpha value is -0.440. The summed E-state index contributed by atoms with van der Waals surface area (Å²) in [6.07, 6.45) is 0. The Morgan fingerprint density at radius 1 is 0.684 bits per heavy atom. The van der Waals surface area contributed by atoms with E-state index < -0.39 is 0 Å². The summed E-state index contributed by atoms with van der Waals surface area (Å²) in [6, 6.07) is 10.9. The average molecular weight is 336 g/mol. The van der Waals surface area contributed by atoms with Gasteiger partial charge in [0.25, 0.3) is 0 Å². The van der Waals surface area contributed by atoms with Crippen LogP contribution in [0.1, 0.15) is 11.1 Å². The van der Waals surface area contributed by atoms with Crippen molar-refractivity contribution in [3.63, 3.8) is 0 Å². The molecule has 2 aromatic carbocycles. The Balaban J connectivity index is 2.00. The maximum absolute atomic E-state index is 6.07. The van der Waals surface area contributed by atoms with Crippen LogP contribution in [0.15, 0.2) is 36.4 Å². The molecule has 2 rings (SSSR count). The summed E-state index contributed by atoms with van der Waals surface area (Å²) in [5, 5.41) is 2.06. The Morgan fingerprint density at radius 3 is 1.53 bits per heavy atom. The molecule has 0 radical (unpaired) electrons. The standard InChI is InChI=1S/C14H10Cl4O/c15-11-5-1-3-9(13(11)17)7-19-8-10-4-2-6-12(16)14(10)18/h1-6H,7-8H2. The van der Waals surface area contributed by atoms with Crippen molar-refractivity contribution in [2.45, 2.75) is 13.2 Å². The molecule has 0 atom stereocenters. The summed E-state index contributed by atoms with van der Waals surface area (Å²) in [6.45, 7) is 0.727. The molecule has 0 aliphatic carbocycles. The predicted octanol–water partition coefficient (Wildman–Crippen LogP) is 6.02. The summed E-state index contributed by atoms with van der Waals surface area (Å²) in [4.78, 5) is 0. The van der Waals surface area contributed by atoms with E-state index in [9.17, 15) is 0 Å². The first kappa shape index (κ1) is 15.0. The van der Waals surface area contributed by atoms with Crippen molar-refractivity contribution in [1.82, 2.24) is 0 Å². The van der Waals surface area contributed by atoms with Gasteiger partial charge in [0, 0.05) is 0 Å². The van der Waals surface area contributed by atoms with Crippen molar-refractivity contribution >= 4 is 46.4 Å². The van der Waals surface area contributed by atoms with Crippen LogP contribution in [0, 0.1) is 0 Å². The van der Waals surface area contributed by atoms with Gasteiger partial charge >= 0.3 is 0 Å². The molecule has 0 N–H and O–H groups in total. The largest absolute Gasteiger partial charge is 0.372 e. The molecule has 0 fully saturated rings. The third-order valence-electron chi connectivity index (χ3n) is 2.58. The quantitative estimate of drug-likeness (QED) is 0.664. The van der Waals surface area contributed by atoms with Crippen molar-refractivity contribution in [2.75, 3.05) is 0 Å². The predicted molar refractivity (Wildman–Crippen MR) is 81.4 cm³/mol. The molecule has 0 bridgehead atoms. The van der Waals surface area contributed by atoms with Crippen molar-refractivity contribution in [2.24, 2.45) is 0 Å². The zero-order valence-electron chi connectivity index (χ0n) is 9.80. The fourth-order valence-electron chi connectivity index (χ4n) is 1.59. The van der Waals surface area contributed by atoms with Gasteiger partial charge < -0.3 is 4.74 Å². The minimum Gasteiger partial charge on any atom is -0.372 e. The second-order valence-electron chi connectivity index (χ2n) is 3.92. The Kier molecular flexibility index (Phi) is 5.37. The molecule has 0 unspecified atom stereocenters. The van der Waals surface area contributed by atoms with Gasteiger partial charge in [0.2, 0.25) is 0 Å². The second kappa shape index (κ2) is 6.83. The first-order valence-corrected chi connectivity index (χ1v) is 7.04. The Labute approximate surface area is 132 Å². The maximum atomic E-state index is 6.07. The molecular weight excluding hydrogens is 326 g/mol. The molecule has 100 valence electrons. The summed E-state index contributed by atoms with van der Waals surface area (Å²) >= 11 is 24.0. The summed E-state index contributed by atoms with van der Waals surface area (Å²) in [5.74, 6) is 0. The lowest BCUT2D eigenvalue weighted by Crippen LogP contribution is -1.96. The average Bonchev–Trinajstić information content (AvgIpc) is 2.39. The Bertz CT molecular complexity index is 532. The summed E-state index contributed by atoms with van der Waals surface area (Å²) in [7, 11) is 0. The molecule has 0 aromatic heterocycles. The van der Waals surface area contributed by atoms with Crippen LogP contribution < -0.4 is 0 Å². The lowest BCUT2D eigenvalue weighted by molar-refractivity contribution is 0.107. The van der Waals surface area contributed by atoms with Crippen molar-refractivity contribution in [3.05, 3.63) is 67.6 Å². The Morgan fingerprint density at radius 2 is 1.11 bits per heavy atom. The van der Waals surface area contributed by atoms with Crippen molar-refractivity contribution < 1.29 is 4.74 Å². The highest BCUT2D eigenvalue weighted by atomic mass is 35.5. The fraction of sp³-hybridized carbons (Fsp3) is 0.143. The molecule has 0 saturated heterocycles. The van der Waals surface area contributed by atoms with Crippen LogP contribution in [0.2, 0.25) is 20.1 Å². The van der Waals surface area contributed by atoms with E-state index in [0.717, 1.165) is 11.1 Å². The van der Waals surface area contributed by atoms with Gasteiger partial charge in [-0.2, -0.15) is 0 Å². The number of halogens is 4. The molecule has 5 heteroatoms. The first-order chi connectivity index (χ1) is 9.09. The van der Waals surface area contributed by atoms with Gasteiger partial charge in [-0.15, -0.1) is 0 Å². The number of ether oxygens (including phenoxy) is 1. The fourth-order valence-corrected chi connectivity index (χ4v) is 2.34. The highest BCUT2D eigenvalue weighted by molar-refractivity contribution is 6.42. The molecule has 1 nitrogen and oxygen atoms in total. The van der Waals surface area contributed by atoms with E-state index in [1.165, 1.54) is 0 Å². The van der Waals surface area contributed by atoms with Crippen LogP contribution in [0.4, 0.5) is 0 Å². The second-order valence-corrected chi connectivity index (χ2v) is 5.49. The lowest BCUT2D eigenvalue weighted by atomic mass is 10.2. The SMILES string of the molecule is Clc1cccc(COCc2cccc(Cl)c2Cl)c1Cl. The summed E-state index contributed by atoms with van der Waals surface area (Å²) in [5.41, 5.74) is 1.68. The van der Waals surface area contributed by atoms with Crippen molar-refractivity contribution in [1.29, 1.82) is 0 Å². The molecule has 0 aliphatic rings. The van der Waals surface area contributed by atoms with E-state index in [4.69, 9.17) is 51.1 Å². The van der Waals surface area contributed by atoms with Crippen molar-refractivity contribution in [3.8, 4) is 0 Å². The summed E-state index contributed by atoms with van der Waals surface area (Å²) < 4.78 is 5.59. The zero-order chi connectivity index (χ0) is 13.8. The lowest BCUT2D eigenvalue weighted by Gasteiger charge is -2.09. The van der Waals surface area contributed by atoms with Crippen LogP contribution in [0.5, 0.6) is 0 Å². The van der Waals surface area contributed by atoms with Crippen LogP contribution in [0.25, 0.3) is 0 Å². The topological polar surface area (TPSA) is 9.23 Å². The molecular formula is C14H10Cl4O. The molecule has 0 aliphatic heterocycles. The van der Waals surface area contributed by atoms with Gasteiger partial charge in [-0.25, -0.2) is 0 Å². The van der Waals surface area contributed by atoms with E-state index >= 15 is 0 Å². The van der Waals surface area contributed by atoms with Gasteiger partial charge in [-0.05, 0) is 23.3 Å². The molecule has 0 spiro atoms. The number of benzene rings is 2. The van der Waals surface area contributed by atoms with E-state index in [1.54, 1.807) is 12.1 Å². The number of rotatable bonds is 4. The van der Waals surface area contributed by atoms with Crippen LogP contribution in [-0.2, 0) is 18.0 Å². The third-order valence-corrected chi connectivity index (χ3v) is 4.29. The maximum Gasteiger partial charge on any atom is 0.0736 e. The smallest absolute Gasteiger partial charge is 0.0736 e. The van der Waals surface area contributed by atoms with Gasteiger partial charge in [0.1, 0.15) is 0 Å². The van der Waals surface area contributed by atoms with E-state index in [-0.39, 0.29) is 0 Å². The van der Waals surface area contributed by atoms with E-state index in [1.807, 2.05) is 24.3 Å².